The summed E-state index contributed by atoms with van der Waals surface area (Å²) >= 11 is 4.82. The second kappa shape index (κ2) is 7.58. The van der Waals surface area contributed by atoms with Crippen molar-refractivity contribution in [3.63, 3.8) is 0 Å². The minimum Gasteiger partial charge on any atom is -0.352 e. The highest BCUT2D eigenvalue weighted by Crippen LogP contribution is 2.21. The van der Waals surface area contributed by atoms with E-state index < -0.39 is 0 Å². The Labute approximate surface area is 167 Å². The highest BCUT2D eigenvalue weighted by molar-refractivity contribution is 9.10. The van der Waals surface area contributed by atoms with Gasteiger partial charge in [-0.3, -0.25) is 4.79 Å². The van der Waals surface area contributed by atoms with Crippen molar-refractivity contribution in [2.45, 2.75) is 6.42 Å². The predicted octanol–water partition coefficient (Wildman–Crippen LogP) is 4.33. The van der Waals surface area contributed by atoms with Crippen LogP contribution in [0.25, 0.3) is 16.3 Å². The third-order valence-corrected chi connectivity index (χ3v) is 5.40. The van der Waals surface area contributed by atoms with Gasteiger partial charge in [0.15, 0.2) is 5.82 Å². The van der Waals surface area contributed by atoms with Crippen molar-refractivity contribution in [2.24, 2.45) is 0 Å². The molecule has 0 spiro atoms. The van der Waals surface area contributed by atoms with Gasteiger partial charge in [0.1, 0.15) is 5.82 Å². The van der Waals surface area contributed by atoms with E-state index in [1.807, 2.05) is 17.5 Å². The summed E-state index contributed by atoms with van der Waals surface area (Å²) in [4.78, 5) is 17.4. The molecule has 0 saturated carbocycles. The number of benzene rings is 2. The van der Waals surface area contributed by atoms with E-state index in [9.17, 15) is 9.18 Å². The molecule has 0 fully saturated rings. The molecule has 0 bridgehead atoms. The van der Waals surface area contributed by atoms with E-state index in [4.69, 9.17) is 0 Å². The average molecular weight is 445 g/mol. The molecule has 27 heavy (non-hydrogen) atoms. The number of nitrogens with zero attached hydrogens (tertiary/aromatic N) is 3. The summed E-state index contributed by atoms with van der Waals surface area (Å²) < 4.78 is 16.1. The summed E-state index contributed by atoms with van der Waals surface area (Å²) in [6.07, 6.45) is 0.619. The number of hydrogen-bond donors (Lipinski definition) is 1. The minimum atomic E-state index is -0.318. The van der Waals surface area contributed by atoms with Crippen LogP contribution in [0.1, 0.15) is 16.1 Å². The molecule has 1 N–H and O–H groups in total. The van der Waals surface area contributed by atoms with Gasteiger partial charge in [-0.25, -0.2) is 8.91 Å². The van der Waals surface area contributed by atoms with Crippen molar-refractivity contribution in [3.05, 3.63) is 75.5 Å². The molecule has 2 heterocycles. The molecular weight excluding hydrogens is 431 g/mol. The van der Waals surface area contributed by atoms with Gasteiger partial charge in [-0.15, -0.1) is 16.4 Å². The molecule has 2 aromatic carbocycles. The van der Waals surface area contributed by atoms with E-state index in [2.05, 4.69) is 31.3 Å². The first-order valence-corrected chi connectivity index (χ1v) is 9.90. The lowest BCUT2D eigenvalue weighted by atomic mass is 10.2. The van der Waals surface area contributed by atoms with Crippen molar-refractivity contribution in [2.75, 3.05) is 6.54 Å². The summed E-state index contributed by atoms with van der Waals surface area (Å²) in [6, 6.07) is 13.4. The van der Waals surface area contributed by atoms with Crippen LogP contribution in [0.5, 0.6) is 0 Å². The molecule has 0 aliphatic carbocycles. The lowest BCUT2D eigenvalue weighted by molar-refractivity contribution is 0.0954. The summed E-state index contributed by atoms with van der Waals surface area (Å²) in [5.74, 6) is 0.0519. The van der Waals surface area contributed by atoms with Crippen molar-refractivity contribution in [1.29, 1.82) is 0 Å². The number of hydrogen-bond acceptors (Lipinski definition) is 4. The van der Waals surface area contributed by atoms with Crippen LogP contribution >= 0.6 is 27.3 Å². The van der Waals surface area contributed by atoms with E-state index in [0.717, 1.165) is 15.1 Å². The Balaban J connectivity index is 1.45. The molecule has 0 radical (unpaired) electrons. The molecule has 0 unspecified atom stereocenters. The average Bonchev–Trinajstić information content (AvgIpc) is 3.24. The first kappa shape index (κ1) is 17.8. The van der Waals surface area contributed by atoms with Crippen LogP contribution in [0, 0.1) is 5.82 Å². The topological polar surface area (TPSA) is 59.3 Å². The number of halogens is 2. The number of rotatable bonds is 5. The quantitative estimate of drug-likeness (QED) is 0.498. The number of thiazole rings is 1. The lowest BCUT2D eigenvalue weighted by Gasteiger charge is -2.04. The fourth-order valence-electron chi connectivity index (χ4n) is 2.65. The van der Waals surface area contributed by atoms with Gasteiger partial charge >= 0.3 is 0 Å². The van der Waals surface area contributed by atoms with Crippen molar-refractivity contribution in [1.82, 2.24) is 19.9 Å². The second-order valence-electron chi connectivity index (χ2n) is 5.88. The highest BCUT2D eigenvalue weighted by atomic mass is 79.9. The molecule has 1 amide bonds. The summed E-state index contributed by atoms with van der Waals surface area (Å²) in [6.45, 7) is 0.482. The van der Waals surface area contributed by atoms with E-state index in [1.165, 1.54) is 23.5 Å². The third kappa shape index (κ3) is 3.91. The van der Waals surface area contributed by atoms with Gasteiger partial charge in [0.25, 0.3) is 5.91 Å². The maximum Gasteiger partial charge on any atom is 0.251 e. The van der Waals surface area contributed by atoms with E-state index in [1.54, 1.807) is 28.8 Å². The summed E-state index contributed by atoms with van der Waals surface area (Å²) in [5, 5.41) is 9.36. The second-order valence-corrected chi connectivity index (χ2v) is 7.63. The summed E-state index contributed by atoms with van der Waals surface area (Å²) in [7, 11) is 0. The largest absolute Gasteiger partial charge is 0.352 e. The minimum absolute atomic E-state index is 0.118. The van der Waals surface area contributed by atoms with E-state index in [-0.39, 0.29) is 11.7 Å². The number of aromatic nitrogens is 3. The van der Waals surface area contributed by atoms with E-state index >= 15 is 0 Å². The molecular formula is C19H14BrFN4OS. The monoisotopic (exact) mass is 444 g/mol. The molecule has 8 heteroatoms. The maximum atomic E-state index is 13.4. The number of carbonyl (C=O) groups excluding carboxylic acids is 1. The molecule has 136 valence electrons. The Morgan fingerprint density at radius 3 is 2.81 bits per heavy atom. The van der Waals surface area contributed by atoms with Crippen LogP contribution in [0.2, 0.25) is 0 Å². The van der Waals surface area contributed by atoms with Crippen LogP contribution in [0.3, 0.4) is 0 Å². The molecule has 0 aliphatic heterocycles. The number of amides is 1. The van der Waals surface area contributed by atoms with Gasteiger partial charge in [0.05, 0.1) is 5.69 Å². The molecule has 2 aromatic heterocycles. The van der Waals surface area contributed by atoms with Crippen molar-refractivity contribution >= 4 is 38.1 Å². The van der Waals surface area contributed by atoms with Crippen LogP contribution in [-0.4, -0.2) is 27.0 Å². The molecule has 5 nitrogen and oxygen atoms in total. The maximum absolute atomic E-state index is 13.4. The lowest BCUT2D eigenvalue weighted by Crippen LogP contribution is -2.25. The van der Waals surface area contributed by atoms with Crippen LogP contribution in [-0.2, 0) is 6.42 Å². The van der Waals surface area contributed by atoms with Crippen LogP contribution in [0.4, 0.5) is 4.39 Å². The Morgan fingerprint density at radius 2 is 2.04 bits per heavy atom. The molecule has 0 aliphatic rings. The van der Waals surface area contributed by atoms with Gasteiger partial charge in [-0.05, 0) is 36.4 Å². The Morgan fingerprint density at radius 1 is 1.22 bits per heavy atom. The number of nitrogens with one attached hydrogen (secondary N) is 1. The van der Waals surface area contributed by atoms with Crippen LogP contribution in [0.15, 0.2) is 58.4 Å². The normalized spacial score (nSPS) is 11.0. The molecule has 4 aromatic rings. The third-order valence-electron chi connectivity index (χ3n) is 4.01. The fourth-order valence-corrected chi connectivity index (χ4v) is 3.77. The molecule has 0 atom stereocenters. The van der Waals surface area contributed by atoms with Gasteiger partial charge in [0, 0.05) is 33.9 Å². The van der Waals surface area contributed by atoms with Crippen molar-refractivity contribution in [3.8, 4) is 11.4 Å². The first-order chi connectivity index (χ1) is 13.1. The Bertz CT molecular complexity index is 1110. The zero-order chi connectivity index (χ0) is 18.8. The van der Waals surface area contributed by atoms with Gasteiger partial charge in [-0.2, -0.15) is 4.98 Å². The first-order valence-electron chi connectivity index (χ1n) is 8.23. The Kier molecular flexibility index (Phi) is 5.00. The zero-order valence-corrected chi connectivity index (χ0v) is 16.4. The number of carbonyl (C=O) groups is 1. The fraction of sp³-hybridized carbons (Fsp3) is 0.105. The highest BCUT2D eigenvalue weighted by Gasteiger charge is 2.12. The molecule has 4 rings (SSSR count). The van der Waals surface area contributed by atoms with Gasteiger partial charge < -0.3 is 5.32 Å². The van der Waals surface area contributed by atoms with Crippen molar-refractivity contribution < 1.29 is 9.18 Å². The van der Waals surface area contributed by atoms with Crippen LogP contribution < -0.4 is 5.32 Å². The zero-order valence-electron chi connectivity index (χ0n) is 14.0. The van der Waals surface area contributed by atoms with Gasteiger partial charge in [0.2, 0.25) is 4.96 Å². The standard InChI is InChI=1S/C19H14BrFN4OS/c20-14-6-4-12(5-7-14)18(26)22-9-8-16-11-27-19-23-17(24-25(16)19)13-2-1-3-15(21)10-13/h1-7,10-11H,8-9H2,(H,22,26). The number of fused-ring (bicyclic) bond motifs is 1. The summed E-state index contributed by atoms with van der Waals surface area (Å²) in [5.41, 5.74) is 2.20. The van der Waals surface area contributed by atoms with Gasteiger partial charge in [-0.1, -0.05) is 28.1 Å². The predicted molar refractivity (Wildman–Crippen MR) is 106 cm³/mol. The Hall–Kier alpha value is -2.58. The molecule has 0 saturated heterocycles. The SMILES string of the molecule is O=C(NCCc1csc2nc(-c3cccc(F)c3)nn12)c1ccc(Br)cc1. The smallest absolute Gasteiger partial charge is 0.251 e. The van der Waals surface area contributed by atoms with E-state index in [0.29, 0.717) is 29.9 Å².